The predicted molar refractivity (Wildman–Crippen MR) is 119 cm³/mol. The van der Waals surface area contributed by atoms with Crippen molar-refractivity contribution in [2.24, 2.45) is 5.92 Å². The summed E-state index contributed by atoms with van der Waals surface area (Å²) >= 11 is 0. The van der Waals surface area contributed by atoms with Crippen molar-refractivity contribution in [1.82, 2.24) is 19.4 Å². The van der Waals surface area contributed by atoms with E-state index in [1.54, 1.807) is 16.4 Å². The number of benzene rings is 1. The molecule has 2 fully saturated rings. The third-order valence-corrected chi connectivity index (χ3v) is 8.28. The Morgan fingerprint density at radius 2 is 1.60 bits per heavy atom. The number of sulfonamides is 1. The number of rotatable bonds is 8. The lowest BCUT2D eigenvalue weighted by Gasteiger charge is -2.34. The number of hydrogen-bond donors (Lipinski definition) is 1. The number of piperazine rings is 1. The van der Waals surface area contributed by atoms with Crippen LogP contribution in [0.1, 0.15) is 31.7 Å². The van der Waals surface area contributed by atoms with E-state index in [-0.39, 0.29) is 11.8 Å². The number of hydrogen-bond acceptors (Lipinski definition) is 5. The van der Waals surface area contributed by atoms with Crippen LogP contribution in [0.2, 0.25) is 0 Å². The van der Waals surface area contributed by atoms with E-state index >= 15 is 0 Å². The van der Waals surface area contributed by atoms with Gasteiger partial charge in [-0.25, -0.2) is 8.42 Å². The van der Waals surface area contributed by atoms with Crippen molar-refractivity contribution < 1.29 is 13.2 Å². The molecule has 168 valence electrons. The molecular formula is C22H36N4O3S. The Kier molecular flexibility index (Phi) is 8.27. The largest absolute Gasteiger partial charge is 0.355 e. The maximum absolute atomic E-state index is 12.8. The maximum Gasteiger partial charge on any atom is 0.243 e. The van der Waals surface area contributed by atoms with Gasteiger partial charge in [-0.05, 0) is 44.4 Å². The molecule has 0 atom stereocenters. The standard InChI is InChI=1S/C22H36N4O3S/c1-3-24-14-16-25(17-15-24)13-10-23-22(27)18-20-8-11-26(12-9-20)30(28,29)21-6-4-19(2)5-7-21/h4-7,20H,3,8-18H2,1-2H3,(H,23,27). The Morgan fingerprint density at radius 3 is 2.20 bits per heavy atom. The van der Waals surface area contributed by atoms with Crippen molar-refractivity contribution in [2.75, 3.05) is 58.9 Å². The van der Waals surface area contributed by atoms with Crippen LogP contribution in [0.5, 0.6) is 0 Å². The van der Waals surface area contributed by atoms with Gasteiger partial charge in [0, 0.05) is 58.8 Å². The average Bonchev–Trinajstić information content (AvgIpc) is 2.75. The molecule has 0 unspecified atom stereocenters. The highest BCUT2D eigenvalue weighted by Gasteiger charge is 2.30. The summed E-state index contributed by atoms with van der Waals surface area (Å²) < 4.78 is 27.2. The molecule has 2 aliphatic rings. The van der Waals surface area contributed by atoms with Crippen molar-refractivity contribution in [3.8, 4) is 0 Å². The second-order valence-electron chi connectivity index (χ2n) is 8.49. The molecule has 0 aliphatic carbocycles. The van der Waals surface area contributed by atoms with Crippen LogP contribution in [-0.4, -0.2) is 87.3 Å². The van der Waals surface area contributed by atoms with Gasteiger partial charge in [0.1, 0.15) is 0 Å². The number of carbonyl (C=O) groups is 1. The molecular weight excluding hydrogens is 400 g/mol. The molecule has 3 rings (SSSR count). The lowest BCUT2D eigenvalue weighted by molar-refractivity contribution is -0.122. The van der Waals surface area contributed by atoms with Crippen LogP contribution in [0.3, 0.4) is 0 Å². The van der Waals surface area contributed by atoms with Crippen LogP contribution >= 0.6 is 0 Å². The van der Waals surface area contributed by atoms with Gasteiger partial charge in [-0.2, -0.15) is 4.31 Å². The number of nitrogens with one attached hydrogen (secondary N) is 1. The minimum Gasteiger partial charge on any atom is -0.355 e. The zero-order chi connectivity index (χ0) is 21.6. The summed E-state index contributed by atoms with van der Waals surface area (Å²) in [5.74, 6) is 0.338. The normalized spacial score (nSPS) is 20.3. The molecule has 1 amide bonds. The number of piperidine rings is 1. The van der Waals surface area contributed by atoms with Gasteiger partial charge in [-0.15, -0.1) is 0 Å². The molecule has 0 saturated carbocycles. The Hall–Kier alpha value is -1.48. The highest BCUT2D eigenvalue weighted by atomic mass is 32.2. The predicted octanol–water partition coefficient (Wildman–Crippen LogP) is 1.54. The third-order valence-electron chi connectivity index (χ3n) is 6.37. The zero-order valence-corrected chi connectivity index (χ0v) is 19.2. The first-order valence-corrected chi connectivity index (χ1v) is 12.6. The number of carbonyl (C=O) groups excluding carboxylic acids is 1. The average molecular weight is 437 g/mol. The highest BCUT2D eigenvalue weighted by Crippen LogP contribution is 2.25. The molecule has 2 aliphatic heterocycles. The van der Waals surface area contributed by atoms with E-state index in [1.807, 2.05) is 19.1 Å². The van der Waals surface area contributed by atoms with Gasteiger partial charge in [-0.1, -0.05) is 24.6 Å². The Bertz CT molecular complexity index is 781. The van der Waals surface area contributed by atoms with Crippen LogP contribution in [0.15, 0.2) is 29.2 Å². The summed E-state index contributed by atoms with van der Waals surface area (Å²) in [4.78, 5) is 17.5. The Morgan fingerprint density at radius 1 is 1.00 bits per heavy atom. The maximum atomic E-state index is 12.8. The van der Waals surface area contributed by atoms with Crippen LogP contribution < -0.4 is 5.32 Å². The fourth-order valence-corrected chi connectivity index (χ4v) is 5.70. The van der Waals surface area contributed by atoms with Crippen LogP contribution in [0, 0.1) is 12.8 Å². The summed E-state index contributed by atoms with van der Waals surface area (Å²) in [6.07, 6.45) is 1.96. The molecule has 0 aromatic heterocycles. The fourth-order valence-electron chi connectivity index (χ4n) is 4.23. The molecule has 2 heterocycles. The minimum atomic E-state index is -3.44. The molecule has 0 spiro atoms. The first-order chi connectivity index (χ1) is 14.4. The highest BCUT2D eigenvalue weighted by molar-refractivity contribution is 7.89. The molecule has 30 heavy (non-hydrogen) atoms. The first-order valence-electron chi connectivity index (χ1n) is 11.2. The summed E-state index contributed by atoms with van der Waals surface area (Å²) in [5, 5.41) is 3.05. The number of nitrogens with zero attached hydrogens (tertiary/aromatic N) is 3. The summed E-state index contributed by atoms with van der Waals surface area (Å²) in [7, 11) is -3.44. The second-order valence-corrected chi connectivity index (χ2v) is 10.4. The molecule has 7 nitrogen and oxygen atoms in total. The van der Waals surface area contributed by atoms with Crippen molar-refractivity contribution in [3.05, 3.63) is 29.8 Å². The third kappa shape index (κ3) is 6.26. The molecule has 0 bridgehead atoms. The lowest BCUT2D eigenvalue weighted by atomic mass is 9.94. The molecule has 1 aromatic rings. The Labute approximate surface area is 181 Å². The van der Waals surface area contributed by atoms with Gasteiger partial charge in [0.25, 0.3) is 0 Å². The van der Waals surface area contributed by atoms with E-state index in [9.17, 15) is 13.2 Å². The van der Waals surface area contributed by atoms with Gasteiger partial charge in [0.05, 0.1) is 4.90 Å². The number of amides is 1. The van der Waals surface area contributed by atoms with Crippen molar-refractivity contribution in [1.29, 1.82) is 0 Å². The van der Waals surface area contributed by atoms with E-state index in [0.717, 1.165) is 57.7 Å². The quantitative estimate of drug-likeness (QED) is 0.669. The zero-order valence-electron chi connectivity index (χ0n) is 18.3. The van der Waals surface area contributed by atoms with E-state index in [1.165, 1.54) is 0 Å². The molecule has 0 radical (unpaired) electrons. The summed E-state index contributed by atoms with van der Waals surface area (Å²) in [6.45, 7) is 12.1. The van der Waals surface area contributed by atoms with Crippen LogP contribution in [0.4, 0.5) is 0 Å². The monoisotopic (exact) mass is 436 g/mol. The second kappa shape index (κ2) is 10.7. The van der Waals surface area contributed by atoms with Crippen molar-refractivity contribution in [3.63, 3.8) is 0 Å². The molecule has 2 saturated heterocycles. The lowest BCUT2D eigenvalue weighted by Crippen LogP contribution is -2.48. The van der Waals surface area contributed by atoms with Gasteiger partial charge in [0.15, 0.2) is 0 Å². The molecule has 1 N–H and O–H groups in total. The van der Waals surface area contributed by atoms with Crippen molar-refractivity contribution >= 4 is 15.9 Å². The smallest absolute Gasteiger partial charge is 0.243 e. The van der Waals surface area contributed by atoms with Gasteiger partial charge >= 0.3 is 0 Å². The summed E-state index contributed by atoms with van der Waals surface area (Å²) in [6, 6.07) is 7.00. The topological polar surface area (TPSA) is 73.0 Å². The van der Waals surface area contributed by atoms with Gasteiger partial charge in [0.2, 0.25) is 15.9 Å². The van der Waals surface area contributed by atoms with E-state index < -0.39 is 10.0 Å². The first kappa shape index (κ1) is 23.2. The van der Waals surface area contributed by atoms with E-state index in [4.69, 9.17) is 0 Å². The van der Waals surface area contributed by atoms with Gasteiger partial charge in [-0.3, -0.25) is 9.69 Å². The summed E-state index contributed by atoms with van der Waals surface area (Å²) in [5.41, 5.74) is 1.04. The van der Waals surface area contributed by atoms with E-state index in [2.05, 4.69) is 22.0 Å². The molecule has 1 aromatic carbocycles. The Balaban J connectivity index is 1.36. The van der Waals surface area contributed by atoms with E-state index in [0.29, 0.717) is 31.0 Å². The number of aryl methyl sites for hydroxylation is 1. The minimum absolute atomic E-state index is 0.0852. The molecule has 8 heteroatoms. The van der Waals surface area contributed by atoms with Crippen molar-refractivity contribution in [2.45, 2.75) is 38.0 Å². The SMILES string of the molecule is CCN1CCN(CCNC(=O)CC2CCN(S(=O)(=O)c3ccc(C)cc3)CC2)CC1. The number of likely N-dealkylation sites (N-methyl/N-ethyl adjacent to an activating group) is 1. The fraction of sp³-hybridized carbons (Fsp3) is 0.682. The van der Waals surface area contributed by atoms with Crippen LogP contribution in [0.25, 0.3) is 0 Å². The van der Waals surface area contributed by atoms with Gasteiger partial charge < -0.3 is 10.2 Å². The van der Waals surface area contributed by atoms with Crippen LogP contribution in [-0.2, 0) is 14.8 Å².